The third kappa shape index (κ3) is 4.73. The zero-order valence-corrected chi connectivity index (χ0v) is 19.2. The molecule has 1 spiro atoms. The molecule has 1 amide bonds. The van der Waals surface area contributed by atoms with E-state index in [0.717, 1.165) is 19.5 Å². The van der Waals surface area contributed by atoms with Crippen LogP contribution in [0.4, 0.5) is 0 Å². The summed E-state index contributed by atoms with van der Waals surface area (Å²) in [6, 6.07) is 0.591. The van der Waals surface area contributed by atoms with E-state index in [9.17, 15) is 18.0 Å². The minimum absolute atomic E-state index is 0.0393. The van der Waals surface area contributed by atoms with Crippen molar-refractivity contribution in [2.45, 2.75) is 70.9 Å². The van der Waals surface area contributed by atoms with Crippen molar-refractivity contribution in [2.75, 3.05) is 38.5 Å². The number of nitrogens with zero attached hydrogens (tertiary/aromatic N) is 2. The van der Waals surface area contributed by atoms with Gasteiger partial charge < -0.3 is 15.0 Å². The molecule has 0 aliphatic carbocycles. The van der Waals surface area contributed by atoms with Gasteiger partial charge in [0.15, 0.2) is 0 Å². The fraction of sp³-hybridized carbons (Fsp3) is 0.810. The molecule has 2 saturated heterocycles. The predicted molar refractivity (Wildman–Crippen MR) is 114 cm³/mol. The molecule has 0 unspecified atom stereocenters. The van der Waals surface area contributed by atoms with E-state index in [1.165, 1.54) is 23.6 Å². The molecule has 0 bridgehead atoms. The Morgan fingerprint density at radius 3 is 2.57 bits per heavy atom. The highest BCUT2D eigenvalue weighted by molar-refractivity contribution is 7.89. The first-order valence-electron chi connectivity index (χ1n) is 11.1. The predicted octanol–water partition coefficient (Wildman–Crippen LogP) is 1.42. The number of ether oxygens (including phenoxy) is 1. The summed E-state index contributed by atoms with van der Waals surface area (Å²) < 4.78 is 31.4. The lowest BCUT2D eigenvalue weighted by Crippen LogP contribution is -2.50. The van der Waals surface area contributed by atoms with Gasteiger partial charge in [-0.15, -0.1) is 0 Å². The summed E-state index contributed by atoms with van der Waals surface area (Å²) in [5.74, 6) is -0.705. The Labute approximate surface area is 180 Å². The number of amides is 1. The van der Waals surface area contributed by atoms with Crippen LogP contribution >= 0.6 is 0 Å². The normalized spacial score (nSPS) is 25.6. The number of esters is 1. The minimum atomic E-state index is -3.29. The average molecular weight is 442 g/mol. The molecule has 1 atom stereocenters. The van der Waals surface area contributed by atoms with Crippen LogP contribution in [0.15, 0.2) is 11.1 Å². The second-order valence-corrected chi connectivity index (χ2v) is 10.9. The monoisotopic (exact) mass is 441 g/mol. The smallest absolute Gasteiger partial charge is 0.335 e. The lowest BCUT2D eigenvalue weighted by Gasteiger charge is -2.38. The van der Waals surface area contributed by atoms with Gasteiger partial charge in [0.25, 0.3) is 5.91 Å². The SMILES string of the molecule is CCS(=O)(=O)N1CCC2(CC1)OC(=O)C(C)=C2C(=O)NCCCN1CCCC[C@H]1C. The van der Waals surface area contributed by atoms with Crippen molar-refractivity contribution in [3.63, 3.8) is 0 Å². The number of carbonyl (C=O) groups is 2. The number of hydrogen-bond acceptors (Lipinski definition) is 6. The molecule has 0 radical (unpaired) electrons. The van der Waals surface area contributed by atoms with E-state index in [1.807, 2.05) is 0 Å². The molecule has 0 aromatic carbocycles. The van der Waals surface area contributed by atoms with Gasteiger partial charge in [0.2, 0.25) is 10.0 Å². The number of sulfonamides is 1. The molecule has 9 heteroatoms. The lowest BCUT2D eigenvalue weighted by molar-refractivity contribution is -0.150. The summed E-state index contributed by atoms with van der Waals surface area (Å²) in [4.78, 5) is 27.7. The zero-order valence-electron chi connectivity index (χ0n) is 18.4. The molecule has 3 heterocycles. The molecule has 170 valence electrons. The number of nitrogens with one attached hydrogen (secondary N) is 1. The van der Waals surface area contributed by atoms with Gasteiger partial charge in [-0.3, -0.25) is 4.79 Å². The van der Waals surface area contributed by atoms with E-state index in [-0.39, 0.29) is 24.7 Å². The van der Waals surface area contributed by atoms with Crippen LogP contribution in [0.5, 0.6) is 0 Å². The molecular formula is C21H35N3O5S. The molecule has 0 aromatic rings. The molecule has 2 fully saturated rings. The summed E-state index contributed by atoms with van der Waals surface area (Å²) in [5.41, 5.74) is -0.289. The fourth-order valence-corrected chi connectivity index (χ4v) is 5.95. The molecule has 3 aliphatic rings. The highest BCUT2D eigenvalue weighted by Crippen LogP contribution is 2.41. The van der Waals surface area contributed by atoms with Gasteiger partial charge in [-0.25, -0.2) is 17.5 Å². The van der Waals surface area contributed by atoms with Gasteiger partial charge in [0.05, 0.1) is 11.3 Å². The minimum Gasteiger partial charge on any atom is -0.450 e. The summed E-state index contributed by atoms with van der Waals surface area (Å²) in [6.07, 6.45) is 5.22. The topological polar surface area (TPSA) is 96.0 Å². The van der Waals surface area contributed by atoms with Crippen molar-refractivity contribution < 1.29 is 22.7 Å². The van der Waals surface area contributed by atoms with E-state index in [4.69, 9.17) is 4.74 Å². The maximum absolute atomic E-state index is 13.0. The van der Waals surface area contributed by atoms with Crippen molar-refractivity contribution in [3.05, 3.63) is 11.1 Å². The van der Waals surface area contributed by atoms with Crippen LogP contribution in [0.1, 0.15) is 59.3 Å². The lowest BCUT2D eigenvalue weighted by atomic mass is 9.83. The maximum Gasteiger partial charge on any atom is 0.335 e. The van der Waals surface area contributed by atoms with E-state index in [0.29, 0.717) is 36.6 Å². The van der Waals surface area contributed by atoms with Crippen LogP contribution in [-0.4, -0.2) is 79.6 Å². The Kier molecular flexibility index (Phi) is 7.24. The van der Waals surface area contributed by atoms with Crippen molar-refractivity contribution in [3.8, 4) is 0 Å². The van der Waals surface area contributed by atoms with Crippen LogP contribution in [0.25, 0.3) is 0 Å². The Morgan fingerprint density at radius 2 is 1.93 bits per heavy atom. The summed E-state index contributed by atoms with van der Waals surface area (Å²) >= 11 is 0. The summed E-state index contributed by atoms with van der Waals surface area (Å²) in [6.45, 7) is 8.59. The Hall–Kier alpha value is -1.45. The van der Waals surface area contributed by atoms with Crippen LogP contribution < -0.4 is 5.32 Å². The second-order valence-electron chi connectivity index (χ2n) is 8.67. The van der Waals surface area contributed by atoms with Gasteiger partial charge in [0.1, 0.15) is 5.60 Å². The molecular weight excluding hydrogens is 406 g/mol. The standard InChI is InChI=1S/C21H35N3O5S/c1-4-30(27,28)24-14-9-21(10-15-24)18(17(3)20(26)29-21)19(25)22-11-7-13-23-12-6-5-8-16(23)2/h16H,4-15H2,1-3H3,(H,22,25)/t16-/m1/s1. The first kappa shape index (κ1) is 23.2. The van der Waals surface area contributed by atoms with Crippen LogP contribution in [0, 0.1) is 0 Å². The first-order valence-corrected chi connectivity index (χ1v) is 12.8. The average Bonchev–Trinajstić information content (AvgIpc) is 2.96. The number of rotatable bonds is 7. The van der Waals surface area contributed by atoms with Gasteiger partial charge >= 0.3 is 5.97 Å². The van der Waals surface area contributed by atoms with Crippen molar-refractivity contribution >= 4 is 21.9 Å². The third-order valence-electron chi connectivity index (χ3n) is 6.79. The molecule has 8 nitrogen and oxygen atoms in total. The highest BCUT2D eigenvalue weighted by Gasteiger charge is 2.51. The van der Waals surface area contributed by atoms with Crippen LogP contribution in [0.3, 0.4) is 0 Å². The quantitative estimate of drug-likeness (QED) is 0.474. The largest absolute Gasteiger partial charge is 0.450 e. The van der Waals surface area contributed by atoms with Crippen LogP contribution in [-0.2, 0) is 24.3 Å². The van der Waals surface area contributed by atoms with Crippen LogP contribution in [0.2, 0.25) is 0 Å². The highest BCUT2D eigenvalue weighted by atomic mass is 32.2. The Morgan fingerprint density at radius 1 is 1.23 bits per heavy atom. The van der Waals surface area contributed by atoms with E-state index < -0.39 is 21.6 Å². The maximum atomic E-state index is 13.0. The molecule has 3 aliphatic heterocycles. The molecule has 1 N–H and O–H groups in total. The zero-order chi connectivity index (χ0) is 21.9. The van der Waals surface area contributed by atoms with E-state index in [2.05, 4.69) is 17.1 Å². The van der Waals surface area contributed by atoms with Crippen molar-refractivity contribution in [1.82, 2.24) is 14.5 Å². The molecule has 0 saturated carbocycles. The van der Waals surface area contributed by atoms with E-state index >= 15 is 0 Å². The number of carbonyl (C=O) groups excluding carboxylic acids is 2. The number of hydrogen-bond donors (Lipinski definition) is 1. The van der Waals surface area contributed by atoms with E-state index in [1.54, 1.807) is 13.8 Å². The number of piperidine rings is 2. The third-order valence-corrected chi connectivity index (χ3v) is 8.67. The number of likely N-dealkylation sites (tertiary alicyclic amines) is 1. The second kappa shape index (κ2) is 9.36. The Balaban J connectivity index is 1.59. The van der Waals surface area contributed by atoms with Crippen molar-refractivity contribution in [1.29, 1.82) is 0 Å². The summed E-state index contributed by atoms with van der Waals surface area (Å²) in [7, 11) is -3.29. The summed E-state index contributed by atoms with van der Waals surface area (Å²) in [5, 5.41) is 2.97. The molecule has 3 rings (SSSR count). The molecule has 0 aromatic heterocycles. The first-order chi connectivity index (χ1) is 14.2. The van der Waals surface area contributed by atoms with Crippen molar-refractivity contribution in [2.24, 2.45) is 0 Å². The molecule has 30 heavy (non-hydrogen) atoms. The van der Waals surface area contributed by atoms with Gasteiger partial charge in [-0.05, 0) is 46.6 Å². The van der Waals surface area contributed by atoms with Gasteiger partial charge in [-0.1, -0.05) is 6.42 Å². The fourth-order valence-electron chi connectivity index (χ4n) is 4.85. The Bertz CT molecular complexity index is 799. The van der Waals surface area contributed by atoms with Gasteiger partial charge in [-0.2, -0.15) is 0 Å². The van der Waals surface area contributed by atoms with Gasteiger partial charge in [0, 0.05) is 50.6 Å².